The molecule has 0 bridgehead atoms. The lowest BCUT2D eigenvalue weighted by molar-refractivity contribution is 0.0447. The van der Waals surface area contributed by atoms with Crippen molar-refractivity contribution in [2.75, 3.05) is 13.6 Å². The van der Waals surface area contributed by atoms with Crippen molar-refractivity contribution in [3.8, 4) is 0 Å². The van der Waals surface area contributed by atoms with Gasteiger partial charge in [0.2, 0.25) is 0 Å². The molecule has 0 heterocycles. The van der Waals surface area contributed by atoms with Gasteiger partial charge >= 0.3 is 0 Å². The van der Waals surface area contributed by atoms with E-state index in [1.54, 1.807) is 0 Å². The van der Waals surface area contributed by atoms with Crippen molar-refractivity contribution in [2.24, 2.45) is 5.92 Å². The predicted octanol–water partition coefficient (Wildman–Crippen LogP) is 2.62. The molecule has 17 heavy (non-hydrogen) atoms. The third-order valence-corrected chi connectivity index (χ3v) is 3.67. The van der Waals surface area contributed by atoms with Crippen molar-refractivity contribution in [3.63, 3.8) is 0 Å². The zero-order valence-electron chi connectivity index (χ0n) is 11.1. The van der Waals surface area contributed by atoms with E-state index in [1.165, 1.54) is 5.56 Å². The predicted molar refractivity (Wildman–Crippen MR) is 71.0 cm³/mol. The highest BCUT2D eigenvalue weighted by atomic mass is 16.3. The van der Waals surface area contributed by atoms with Crippen molar-refractivity contribution >= 4 is 0 Å². The fourth-order valence-electron chi connectivity index (χ4n) is 2.89. The second-order valence-electron chi connectivity index (χ2n) is 5.58. The maximum Gasteiger partial charge on any atom is 0.0947 e. The van der Waals surface area contributed by atoms with Gasteiger partial charge in [-0.05, 0) is 36.9 Å². The Morgan fingerprint density at radius 1 is 1.35 bits per heavy atom. The topological polar surface area (TPSA) is 23.5 Å². The standard InChI is InChI=1S/C15H23NO/c1-11(2)10-16(3)14-9-8-12-6-4-5-7-13(12)15(14)17/h4-7,11,14-15,17H,8-10H2,1-3H3. The maximum absolute atomic E-state index is 10.5. The molecule has 2 nitrogen and oxygen atoms in total. The first-order chi connectivity index (χ1) is 8.09. The zero-order valence-corrected chi connectivity index (χ0v) is 11.1. The van der Waals surface area contributed by atoms with Gasteiger partial charge in [0.25, 0.3) is 0 Å². The molecule has 2 rings (SSSR count). The molecule has 0 fully saturated rings. The highest BCUT2D eigenvalue weighted by Gasteiger charge is 2.30. The van der Waals surface area contributed by atoms with Gasteiger partial charge in [-0.1, -0.05) is 38.1 Å². The number of aliphatic hydroxyl groups excluding tert-OH is 1. The fourth-order valence-corrected chi connectivity index (χ4v) is 2.89. The average molecular weight is 233 g/mol. The maximum atomic E-state index is 10.5. The van der Waals surface area contributed by atoms with Gasteiger partial charge in [-0.15, -0.1) is 0 Å². The second kappa shape index (κ2) is 5.19. The van der Waals surface area contributed by atoms with Crippen molar-refractivity contribution in [1.82, 2.24) is 4.90 Å². The smallest absolute Gasteiger partial charge is 0.0947 e. The van der Waals surface area contributed by atoms with Gasteiger partial charge < -0.3 is 10.0 Å². The summed E-state index contributed by atoms with van der Waals surface area (Å²) in [6, 6.07) is 8.55. The molecule has 0 aromatic heterocycles. The van der Waals surface area contributed by atoms with E-state index in [0.29, 0.717) is 5.92 Å². The number of hydrogen-bond donors (Lipinski definition) is 1. The molecule has 2 heteroatoms. The number of rotatable bonds is 3. The van der Waals surface area contributed by atoms with Crippen LogP contribution in [0.2, 0.25) is 0 Å². The van der Waals surface area contributed by atoms with Crippen LogP contribution in [-0.4, -0.2) is 29.6 Å². The lowest BCUT2D eigenvalue weighted by Crippen LogP contribution is -2.41. The molecule has 0 radical (unpaired) electrons. The monoisotopic (exact) mass is 233 g/mol. The van der Waals surface area contributed by atoms with E-state index in [2.05, 4.69) is 44.0 Å². The third kappa shape index (κ3) is 2.70. The SMILES string of the molecule is CC(C)CN(C)C1CCc2ccccc2C1O. The van der Waals surface area contributed by atoms with Crippen LogP contribution in [0.4, 0.5) is 0 Å². The first-order valence-corrected chi connectivity index (χ1v) is 6.55. The highest BCUT2D eigenvalue weighted by Crippen LogP contribution is 2.32. The zero-order chi connectivity index (χ0) is 12.4. The van der Waals surface area contributed by atoms with Gasteiger partial charge in [0.15, 0.2) is 0 Å². The molecule has 94 valence electrons. The van der Waals surface area contributed by atoms with Gasteiger partial charge in [-0.25, -0.2) is 0 Å². The summed E-state index contributed by atoms with van der Waals surface area (Å²) in [6.07, 6.45) is 1.81. The quantitative estimate of drug-likeness (QED) is 0.867. The average Bonchev–Trinajstić information content (AvgIpc) is 2.28. The lowest BCUT2D eigenvalue weighted by atomic mass is 9.85. The number of nitrogens with zero attached hydrogens (tertiary/aromatic N) is 1. The Morgan fingerprint density at radius 2 is 2.06 bits per heavy atom. The van der Waals surface area contributed by atoms with Crippen molar-refractivity contribution in [1.29, 1.82) is 0 Å². The molecule has 1 aliphatic rings. The summed E-state index contributed by atoms with van der Waals surface area (Å²) >= 11 is 0. The van der Waals surface area contributed by atoms with E-state index in [1.807, 2.05) is 6.07 Å². The molecule has 1 aliphatic carbocycles. The molecule has 0 aliphatic heterocycles. The number of hydrogen-bond acceptors (Lipinski definition) is 2. The first kappa shape index (κ1) is 12.6. The van der Waals surface area contributed by atoms with Crippen molar-refractivity contribution < 1.29 is 5.11 Å². The number of fused-ring (bicyclic) bond motifs is 1. The molecule has 2 unspecified atom stereocenters. The molecular weight excluding hydrogens is 210 g/mol. The summed E-state index contributed by atoms with van der Waals surface area (Å²) in [5, 5.41) is 10.5. The van der Waals surface area contributed by atoms with E-state index in [0.717, 1.165) is 24.9 Å². The molecule has 2 atom stereocenters. The minimum absolute atomic E-state index is 0.271. The third-order valence-electron chi connectivity index (χ3n) is 3.67. The van der Waals surface area contributed by atoms with Gasteiger partial charge in [-0.3, -0.25) is 0 Å². The summed E-state index contributed by atoms with van der Waals surface area (Å²) < 4.78 is 0. The van der Waals surface area contributed by atoms with Crippen LogP contribution in [0, 0.1) is 5.92 Å². The van der Waals surface area contributed by atoms with Crippen molar-refractivity contribution in [3.05, 3.63) is 35.4 Å². The first-order valence-electron chi connectivity index (χ1n) is 6.55. The molecular formula is C15H23NO. The second-order valence-corrected chi connectivity index (χ2v) is 5.58. The Bertz CT molecular complexity index is 375. The Morgan fingerprint density at radius 3 is 2.76 bits per heavy atom. The van der Waals surface area contributed by atoms with Gasteiger partial charge in [0, 0.05) is 12.6 Å². The van der Waals surface area contributed by atoms with E-state index >= 15 is 0 Å². The minimum Gasteiger partial charge on any atom is -0.387 e. The van der Waals surface area contributed by atoms with Crippen LogP contribution in [-0.2, 0) is 6.42 Å². The van der Waals surface area contributed by atoms with E-state index in [9.17, 15) is 5.11 Å². The van der Waals surface area contributed by atoms with Crippen LogP contribution in [0.3, 0.4) is 0 Å². The van der Waals surface area contributed by atoms with Gasteiger partial charge in [0.1, 0.15) is 0 Å². The molecule has 0 amide bonds. The summed E-state index contributed by atoms with van der Waals surface area (Å²) in [5.41, 5.74) is 2.44. The van der Waals surface area contributed by atoms with Crippen LogP contribution in [0.1, 0.15) is 37.5 Å². The molecule has 1 aromatic rings. The molecule has 0 spiro atoms. The number of aryl methyl sites for hydroxylation is 1. The summed E-state index contributed by atoms with van der Waals surface area (Å²) in [4.78, 5) is 2.31. The summed E-state index contributed by atoms with van der Waals surface area (Å²) in [5.74, 6) is 0.643. The highest BCUT2D eigenvalue weighted by molar-refractivity contribution is 5.32. The normalized spacial score (nSPS) is 24.1. The van der Waals surface area contributed by atoms with Crippen LogP contribution in [0.15, 0.2) is 24.3 Å². The minimum atomic E-state index is -0.330. The van der Waals surface area contributed by atoms with Gasteiger partial charge in [0.05, 0.1) is 6.10 Å². The Labute approximate surface area is 104 Å². The summed E-state index contributed by atoms with van der Waals surface area (Å²) in [6.45, 7) is 5.49. The van der Waals surface area contributed by atoms with E-state index in [-0.39, 0.29) is 12.1 Å². The van der Waals surface area contributed by atoms with Gasteiger partial charge in [-0.2, -0.15) is 0 Å². The Balaban J connectivity index is 2.14. The fraction of sp³-hybridized carbons (Fsp3) is 0.600. The molecule has 0 saturated heterocycles. The van der Waals surface area contributed by atoms with Crippen LogP contribution < -0.4 is 0 Å². The van der Waals surface area contributed by atoms with E-state index < -0.39 is 0 Å². The molecule has 1 aromatic carbocycles. The van der Waals surface area contributed by atoms with Crippen LogP contribution in [0.25, 0.3) is 0 Å². The molecule has 1 N–H and O–H groups in total. The number of aliphatic hydroxyl groups is 1. The lowest BCUT2D eigenvalue weighted by Gasteiger charge is -2.37. The number of likely N-dealkylation sites (N-methyl/N-ethyl adjacent to an activating group) is 1. The van der Waals surface area contributed by atoms with Crippen LogP contribution >= 0.6 is 0 Å². The van der Waals surface area contributed by atoms with Crippen LogP contribution in [0.5, 0.6) is 0 Å². The Hall–Kier alpha value is -0.860. The molecule has 0 saturated carbocycles. The summed E-state index contributed by atoms with van der Waals surface area (Å²) in [7, 11) is 2.13. The largest absolute Gasteiger partial charge is 0.387 e. The number of benzene rings is 1. The Kier molecular flexibility index (Phi) is 3.85. The van der Waals surface area contributed by atoms with E-state index in [4.69, 9.17) is 0 Å². The van der Waals surface area contributed by atoms with Crippen molar-refractivity contribution in [2.45, 2.75) is 38.8 Å².